The highest BCUT2D eigenvalue weighted by atomic mass is 16.6. The molecule has 3 N–H and O–H groups in total. The van der Waals surface area contributed by atoms with Crippen LogP contribution in [0.1, 0.15) is 26.2 Å². The van der Waals surface area contributed by atoms with E-state index in [-0.39, 0.29) is 11.9 Å². The molecule has 1 amide bonds. The van der Waals surface area contributed by atoms with Crippen molar-refractivity contribution in [3.63, 3.8) is 0 Å². The Kier molecular flexibility index (Phi) is 6.37. The third kappa shape index (κ3) is 4.47. The predicted octanol–water partition coefficient (Wildman–Crippen LogP) is 0.0355. The minimum Gasteiger partial charge on any atom is -0.376 e. The van der Waals surface area contributed by atoms with Crippen LogP contribution in [0.5, 0.6) is 0 Å². The van der Waals surface area contributed by atoms with E-state index < -0.39 is 6.10 Å². The Hall–Kier alpha value is -0.650. The van der Waals surface area contributed by atoms with E-state index in [2.05, 4.69) is 12.2 Å². The van der Waals surface area contributed by atoms with Crippen LogP contribution in [-0.4, -0.2) is 44.4 Å². The van der Waals surface area contributed by atoms with E-state index in [9.17, 15) is 4.79 Å². The second-order valence-electron chi connectivity index (χ2n) is 4.02. The van der Waals surface area contributed by atoms with Gasteiger partial charge in [-0.25, -0.2) is 0 Å². The summed E-state index contributed by atoms with van der Waals surface area (Å²) >= 11 is 0. The number of nitrogens with one attached hydrogen (secondary N) is 1. The Morgan fingerprint density at radius 3 is 2.94 bits per heavy atom. The van der Waals surface area contributed by atoms with Gasteiger partial charge in [-0.15, -0.1) is 0 Å². The van der Waals surface area contributed by atoms with E-state index in [0.717, 1.165) is 19.3 Å². The smallest absolute Gasteiger partial charge is 0.251 e. The SMILES string of the molecule is CCCCC(CN)NC(=O)C1COCCO1. The van der Waals surface area contributed by atoms with Gasteiger partial charge >= 0.3 is 0 Å². The van der Waals surface area contributed by atoms with Crippen LogP contribution in [0.4, 0.5) is 0 Å². The lowest BCUT2D eigenvalue weighted by atomic mass is 10.1. The second kappa shape index (κ2) is 7.60. The first-order valence-electron chi connectivity index (χ1n) is 5.97. The molecule has 0 saturated carbocycles. The first kappa shape index (κ1) is 13.4. The van der Waals surface area contributed by atoms with E-state index in [1.54, 1.807) is 0 Å². The number of hydrogen-bond acceptors (Lipinski definition) is 4. The number of hydrogen-bond donors (Lipinski definition) is 2. The summed E-state index contributed by atoms with van der Waals surface area (Å²) in [5, 5.41) is 2.90. The van der Waals surface area contributed by atoms with Gasteiger partial charge in [-0.1, -0.05) is 19.8 Å². The molecular weight excluding hydrogens is 208 g/mol. The molecule has 16 heavy (non-hydrogen) atoms. The maximum Gasteiger partial charge on any atom is 0.251 e. The fourth-order valence-electron chi connectivity index (χ4n) is 1.63. The van der Waals surface area contributed by atoms with Crippen molar-refractivity contribution in [1.29, 1.82) is 0 Å². The van der Waals surface area contributed by atoms with Crippen molar-refractivity contribution in [3.05, 3.63) is 0 Å². The fourth-order valence-corrected chi connectivity index (χ4v) is 1.63. The standard InChI is InChI=1S/C11H22N2O3/c1-2-3-4-9(7-12)13-11(14)10-8-15-5-6-16-10/h9-10H,2-8,12H2,1H3,(H,13,14). The Labute approximate surface area is 96.7 Å². The number of carbonyl (C=O) groups excluding carboxylic acids is 1. The number of unbranched alkanes of at least 4 members (excludes halogenated alkanes) is 1. The Morgan fingerprint density at radius 2 is 2.38 bits per heavy atom. The highest BCUT2D eigenvalue weighted by Gasteiger charge is 2.24. The zero-order valence-electron chi connectivity index (χ0n) is 9.91. The van der Waals surface area contributed by atoms with Crippen molar-refractivity contribution in [2.24, 2.45) is 5.73 Å². The Morgan fingerprint density at radius 1 is 1.56 bits per heavy atom. The van der Waals surface area contributed by atoms with Crippen LogP contribution in [0.3, 0.4) is 0 Å². The van der Waals surface area contributed by atoms with Gasteiger partial charge in [0, 0.05) is 12.6 Å². The average molecular weight is 230 g/mol. The molecule has 94 valence electrons. The van der Waals surface area contributed by atoms with E-state index >= 15 is 0 Å². The lowest BCUT2D eigenvalue weighted by Crippen LogP contribution is -2.48. The number of rotatable bonds is 6. The highest BCUT2D eigenvalue weighted by Crippen LogP contribution is 2.03. The minimum atomic E-state index is -0.468. The normalized spacial score (nSPS) is 22.8. The van der Waals surface area contributed by atoms with Gasteiger partial charge in [0.05, 0.1) is 19.8 Å². The molecular formula is C11H22N2O3. The second-order valence-corrected chi connectivity index (χ2v) is 4.02. The summed E-state index contributed by atoms with van der Waals surface area (Å²) in [6.07, 6.45) is 2.63. The van der Waals surface area contributed by atoms with Gasteiger partial charge in [0.25, 0.3) is 5.91 Å². The van der Waals surface area contributed by atoms with Crippen molar-refractivity contribution in [2.45, 2.75) is 38.3 Å². The van der Waals surface area contributed by atoms with E-state index in [1.165, 1.54) is 0 Å². The topological polar surface area (TPSA) is 73.6 Å². The van der Waals surface area contributed by atoms with E-state index in [4.69, 9.17) is 15.2 Å². The first-order chi connectivity index (χ1) is 7.77. The zero-order valence-corrected chi connectivity index (χ0v) is 9.91. The summed E-state index contributed by atoms with van der Waals surface area (Å²) in [5.41, 5.74) is 5.60. The Balaban J connectivity index is 2.29. The summed E-state index contributed by atoms with van der Waals surface area (Å²) in [5.74, 6) is -0.105. The highest BCUT2D eigenvalue weighted by molar-refractivity contribution is 5.81. The number of carbonyl (C=O) groups is 1. The van der Waals surface area contributed by atoms with Gasteiger partial charge in [-0.05, 0) is 6.42 Å². The lowest BCUT2D eigenvalue weighted by Gasteiger charge is -2.24. The third-order valence-corrected chi connectivity index (χ3v) is 2.65. The van der Waals surface area contributed by atoms with Gasteiger partial charge in [-0.2, -0.15) is 0 Å². The van der Waals surface area contributed by atoms with Crippen molar-refractivity contribution in [3.8, 4) is 0 Å². The molecule has 1 aliphatic rings. The monoisotopic (exact) mass is 230 g/mol. The van der Waals surface area contributed by atoms with Crippen LogP contribution in [0.2, 0.25) is 0 Å². The third-order valence-electron chi connectivity index (χ3n) is 2.65. The van der Waals surface area contributed by atoms with E-state index in [1.807, 2.05) is 0 Å². The zero-order chi connectivity index (χ0) is 11.8. The van der Waals surface area contributed by atoms with Gasteiger partial charge in [0.1, 0.15) is 0 Å². The van der Waals surface area contributed by atoms with Crippen LogP contribution in [0, 0.1) is 0 Å². The molecule has 5 nitrogen and oxygen atoms in total. The fraction of sp³-hybridized carbons (Fsp3) is 0.909. The van der Waals surface area contributed by atoms with Gasteiger partial charge in [-0.3, -0.25) is 4.79 Å². The van der Waals surface area contributed by atoms with Crippen LogP contribution in [0.15, 0.2) is 0 Å². The maximum absolute atomic E-state index is 11.8. The molecule has 0 aromatic carbocycles. The minimum absolute atomic E-state index is 0.0537. The van der Waals surface area contributed by atoms with Crippen LogP contribution in [0.25, 0.3) is 0 Å². The Bertz CT molecular complexity index is 205. The average Bonchev–Trinajstić information content (AvgIpc) is 2.35. The molecule has 0 radical (unpaired) electrons. The summed E-state index contributed by atoms with van der Waals surface area (Å²) in [7, 11) is 0. The van der Waals surface area contributed by atoms with Crippen LogP contribution in [-0.2, 0) is 14.3 Å². The number of ether oxygens (including phenoxy) is 2. The molecule has 0 aromatic heterocycles. The molecule has 1 aliphatic heterocycles. The summed E-state index contributed by atoms with van der Waals surface area (Å²) in [6, 6.07) is 0.0537. The van der Waals surface area contributed by atoms with Crippen LogP contribution >= 0.6 is 0 Å². The molecule has 1 saturated heterocycles. The number of amides is 1. The summed E-state index contributed by atoms with van der Waals surface area (Å²) in [6.45, 7) is 3.99. The largest absolute Gasteiger partial charge is 0.376 e. The molecule has 0 bridgehead atoms. The summed E-state index contributed by atoms with van der Waals surface area (Å²) in [4.78, 5) is 11.8. The van der Waals surface area contributed by atoms with Crippen molar-refractivity contribution >= 4 is 5.91 Å². The molecule has 0 spiro atoms. The van der Waals surface area contributed by atoms with Crippen LogP contribution < -0.4 is 11.1 Å². The van der Waals surface area contributed by atoms with Gasteiger partial charge in [0.15, 0.2) is 6.10 Å². The summed E-state index contributed by atoms with van der Waals surface area (Å²) < 4.78 is 10.5. The predicted molar refractivity (Wildman–Crippen MR) is 61.1 cm³/mol. The molecule has 1 fully saturated rings. The maximum atomic E-state index is 11.8. The quantitative estimate of drug-likeness (QED) is 0.675. The lowest BCUT2D eigenvalue weighted by molar-refractivity contribution is -0.148. The number of nitrogens with two attached hydrogens (primary N) is 1. The van der Waals surface area contributed by atoms with Crippen molar-refractivity contribution < 1.29 is 14.3 Å². The van der Waals surface area contributed by atoms with Gasteiger partial charge in [0.2, 0.25) is 0 Å². The van der Waals surface area contributed by atoms with E-state index in [0.29, 0.717) is 26.4 Å². The molecule has 1 heterocycles. The molecule has 2 unspecified atom stereocenters. The molecule has 2 atom stereocenters. The molecule has 5 heteroatoms. The molecule has 1 rings (SSSR count). The molecule has 0 aliphatic carbocycles. The van der Waals surface area contributed by atoms with Gasteiger partial charge < -0.3 is 20.5 Å². The molecule has 0 aromatic rings. The first-order valence-corrected chi connectivity index (χ1v) is 5.97. The van der Waals surface area contributed by atoms with Crippen molar-refractivity contribution in [1.82, 2.24) is 5.32 Å². The van der Waals surface area contributed by atoms with Crippen molar-refractivity contribution in [2.75, 3.05) is 26.4 Å².